The van der Waals surface area contributed by atoms with E-state index in [1.54, 1.807) is 0 Å². The van der Waals surface area contributed by atoms with Crippen LogP contribution in [0, 0.1) is 0 Å². The molecule has 0 unspecified atom stereocenters. The van der Waals surface area contributed by atoms with E-state index in [-0.39, 0.29) is 58.0 Å². The van der Waals surface area contributed by atoms with Crippen LogP contribution in [0.15, 0.2) is 0 Å². The van der Waals surface area contributed by atoms with Gasteiger partial charge < -0.3 is 10.5 Å². The Bertz CT molecular complexity index is 99.0. The molecule has 0 bridgehead atoms. The minimum atomic E-state index is -5.17. The molecule has 0 N–H and O–H groups in total. The molecule has 0 atom stereocenters. The fraction of sp³-hybridized carbons (Fsp3) is 0. The first kappa shape index (κ1) is 22.6. The maximum absolute atomic E-state index is 8.52. The minimum absolute atomic E-state index is 0. The van der Waals surface area contributed by atoms with E-state index in [1.165, 1.54) is 0 Å². The predicted molar refractivity (Wildman–Crippen MR) is 11.6 cm³/mol. The minimum Gasteiger partial charge on any atom is -1.00 e. The van der Waals surface area contributed by atoms with E-state index >= 15 is 0 Å². The van der Waals surface area contributed by atoms with Gasteiger partial charge >= 0.3 is 56.6 Å². The van der Waals surface area contributed by atoms with Gasteiger partial charge in [0, 0.05) is 10.4 Å². The van der Waals surface area contributed by atoms with Gasteiger partial charge in [-0.1, -0.05) is 0 Å². The van der Waals surface area contributed by atoms with Crippen LogP contribution in [-0.4, -0.2) is 17.5 Å². The standard InChI is InChI=1S/3Li.H2O4S.H/c;;;1-5(2,3)4;/h;;;(H2,1,2,3,4);/q3*+1;;-1/p-2. The van der Waals surface area contributed by atoms with E-state index in [0.29, 0.717) is 0 Å². The van der Waals surface area contributed by atoms with Crippen molar-refractivity contribution in [3.63, 3.8) is 0 Å². The fourth-order valence-corrected chi connectivity index (χ4v) is 0. The largest absolute Gasteiger partial charge is 1.00 e. The number of hydrogen-bond acceptors (Lipinski definition) is 4. The summed E-state index contributed by atoms with van der Waals surface area (Å²) in [6.07, 6.45) is 0. The van der Waals surface area contributed by atoms with Gasteiger partial charge in [-0.05, 0) is 0 Å². The molecular formula is HLi3O4S. The summed E-state index contributed by atoms with van der Waals surface area (Å²) in [6, 6.07) is 0. The predicted octanol–water partition coefficient (Wildman–Crippen LogP) is -10.2. The van der Waals surface area contributed by atoms with E-state index in [2.05, 4.69) is 0 Å². The molecular weight excluding hydrogens is 117 g/mol. The van der Waals surface area contributed by atoms with Crippen molar-refractivity contribution in [1.29, 1.82) is 0 Å². The molecule has 0 aliphatic heterocycles. The van der Waals surface area contributed by atoms with Gasteiger partial charge in [0.2, 0.25) is 0 Å². The Kier molecular flexibility index (Phi) is 24.5. The smallest absolute Gasteiger partial charge is 1.00 e. The Balaban J connectivity index is -0.0000000133. The fourth-order valence-electron chi connectivity index (χ4n) is 0. The van der Waals surface area contributed by atoms with Gasteiger partial charge in [-0.15, -0.1) is 0 Å². The Labute approximate surface area is 85.4 Å². The zero-order valence-electron chi connectivity index (χ0n) is 6.04. The molecule has 0 spiro atoms. The quantitative estimate of drug-likeness (QED) is 0.179. The van der Waals surface area contributed by atoms with Crippen LogP contribution in [0.3, 0.4) is 0 Å². The number of hydrogen-bond donors (Lipinski definition) is 0. The molecule has 4 nitrogen and oxygen atoms in total. The average Bonchev–Trinajstić information content (AvgIpc) is 0.722. The van der Waals surface area contributed by atoms with Crippen LogP contribution in [0.5, 0.6) is 0 Å². The monoisotopic (exact) mass is 118 g/mol. The van der Waals surface area contributed by atoms with E-state index < -0.39 is 10.4 Å². The Morgan fingerprint density at radius 3 is 1.00 bits per heavy atom. The summed E-state index contributed by atoms with van der Waals surface area (Å²) in [5.41, 5.74) is 0. The van der Waals surface area contributed by atoms with Crippen molar-refractivity contribution >= 4 is 10.4 Å². The second kappa shape index (κ2) is 8.66. The molecule has 8 heavy (non-hydrogen) atoms. The second-order valence-electron chi connectivity index (χ2n) is 0.408. The normalized spacial score (nSPS) is 7.25. The zero-order valence-corrected chi connectivity index (χ0v) is 5.86. The van der Waals surface area contributed by atoms with Crippen molar-refractivity contribution in [2.45, 2.75) is 0 Å². The first-order valence-corrected chi connectivity index (χ1v) is 2.00. The Morgan fingerprint density at radius 1 is 1.00 bits per heavy atom. The maximum atomic E-state index is 8.52. The third-order valence-corrected chi connectivity index (χ3v) is 0. The summed E-state index contributed by atoms with van der Waals surface area (Å²) in [7, 11) is -5.17. The molecule has 0 aromatic carbocycles. The first-order valence-electron chi connectivity index (χ1n) is 0.667. The molecule has 0 saturated heterocycles. The molecule has 0 amide bonds. The zero-order chi connectivity index (χ0) is 4.50. The molecule has 0 rings (SSSR count). The SMILES string of the molecule is O=S(=O)([O-])[O-].[H-].[Li+].[Li+].[Li+]. The summed E-state index contributed by atoms with van der Waals surface area (Å²) in [4.78, 5) is 0. The second-order valence-corrected chi connectivity index (χ2v) is 1.22. The Morgan fingerprint density at radius 2 is 1.00 bits per heavy atom. The maximum Gasteiger partial charge on any atom is 1.00 e. The first-order chi connectivity index (χ1) is 2.00. The van der Waals surface area contributed by atoms with E-state index in [1.807, 2.05) is 0 Å². The molecule has 0 saturated carbocycles. The summed E-state index contributed by atoms with van der Waals surface area (Å²) in [6.45, 7) is 0. The van der Waals surface area contributed by atoms with Crippen LogP contribution < -0.4 is 56.6 Å². The van der Waals surface area contributed by atoms with Crippen molar-refractivity contribution in [3.8, 4) is 0 Å². The number of rotatable bonds is 0. The molecule has 8 heteroatoms. The van der Waals surface area contributed by atoms with E-state index in [9.17, 15) is 0 Å². The summed E-state index contributed by atoms with van der Waals surface area (Å²) in [5, 5.41) is 0. The van der Waals surface area contributed by atoms with Crippen LogP contribution in [0.25, 0.3) is 0 Å². The van der Waals surface area contributed by atoms with Crippen LogP contribution >= 0.6 is 0 Å². The molecule has 0 heterocycles. The van der Waals surface area contributed by atoms with Gasteiger partial charge in [0.25, 0.3) is 0 Å². The third kappa shape index (κ3) is 123. The molecule has 0 fully saturated rings. The summed E-state index contributed by atoms with van der Waals surface area (Å²) < 4.78 is 34.1. The summed E-state index contributed by atoms with van der Waals surface area (Å²) >= 11 is 0. The van der Waals surface area contributed by atoms with Gasteiger partial charge in [0.1, 0.15) is 0 Å². The van der Waals surface area contributed by atoms with E-state index in [0.717, 1.165) is 0 Å². The van der Waals surface area contributed by atoms with Crippen LogP contribution in [-0.2, 0) is 10.4 Å². The molecule has 0 aliphatic rings. The van der Waals surface area contributed by atoms with Crippen molar-refractivity contribution in [2.75, 3.05) is 0 Å². The van der Waals surface area contributed by atoms with Gasteiger partial charge in [-0.25, -0.2) is 0 Å². The van der Waals surface area contributed by atoms with Crippen LogP contribution in [0.1, 0.15) is 1.43 Å². The molecule has 0 aromatic rings. The van der Waals surface area contributed by atoms with Crippen molar-refractivity contribution in [3.05, 3.63) is 0 Å². The van der Waals surface area contributed by atoms with Gasteiger partial charge in [-0.2, -0.15) is 0 Å². The van der Waals surface area contributed by atoms with Crippen LogP contribution in [0.2, 0.25) is 0 Å². The van der Waals surface area contributed by atoms with Crippen molar-refractivity contribution in [1.82, 2.24) is 0 Å². The van der Waals surface area contributed by atoms with Gasteiger partial charge in [0.05, 0.1) is 0 Å². The van der Waals surface area contributed by atoms with Crippen molar-refractivity contribution in [2.24, 2.45) is 0 Å². The van der Waals surface area contributed by atoms with Crippen LogP contribution in [0.4, 0.5) is 0 Å². The third-order valence-electron chi connectivity index (χ3n) is 0. The van der Waals surface area contributed by atoms with Gasteiger partial charge in [-0.3, -0.25) is 8.42 Å². The molecule has 0 aliphatic carbocycles. The molecule has 34 valence electrons. The Hall–Kier alpha value is 1.66. The van der Waals surface area contributed by atoms with Gasteiger partial charge in [0.15, 0.2) is 0 Å². The van der Waals surface area contributed by atoms with E-state index in [4.69, 9.17) is 17.5 Å². The molecule has 0 aromatic heterocycles. The average molecular weight is 118 g/mol. The topological polar surface area (TPSA) is 80.3 Å². The van der Waals surface area contributed by atoms with Crippen molar-refractivity contribution < 1.29 is 75.5 Å². The molecule has 0 radical (unpaired) electrons. The summed E-state index contributed by atoms with van der Waals surface area (Å²) in [5.74, 6) is 0.